The van der Waals surface area contributed by atoms with Crippen LogP contribution in [0.3, 0.4) is 0 Å². The molecule has 0 radical (unpaired) electrons. The lowest BCUT2D eigenvalue weighted by Gasteiger charge is -2.10. The summed E-state index contributed by atoms with van der Waals surface area (Å²) in [6.45, 7) is 1.60. The summed E-state index contributed by atoms with van der Waals surface area (Å²) in [6, 6.07) is 3.82. The summed E-state index contributed by atoms with van der Waals surface area (Å²) >= 11 is 0. The average Bonchev–Trinajstić information content (AvgIpc) is 2.28. The Morgan fingerprint density at radius 1 is 1.59 bits per heavy atom. The summed E-state index contributed by atoms with van der Waals surface area (Å²) < 4.78 is 18.2. The maximum absolute atomic E-state index is 13.0. The molecule has 92 valence electrons. The summed E-state index contributed by atoms with van der Waals surface area (Å²) in [5.74, 6) is -0.773. The Bertz CT molecular complexity index is 446. The van der Waals surface area contributed by atoms with Gasteiger partial charge in [-0.05, 0) is 19.1 Å². The number of oxime groups is 1. The van der Waals surface area contributed by atoms with Crippen LogP contribution in [0.1, 0.15) is 18.9 Å². The molecule has 17 heavy (non-hydrogen) atoms. The molecular formula is C11H13FN2O3. The van der Waals surface area contributed by atoms with Crippen LogP contribution in [0, 0.1) is 5.82 Å². The average molecular weight is 240 g/mol. The quantitative estimate of drug-likeness (QED) is 0.462. The number of benzene rings is 1. The number of halogens is 1. The van der Waals surface area contributed by atoms with Crippen molar-refractivity contribution in [2.24, 2.45) is 10.9 Å². The zero-order valence-corrected chi connectivity index (χ0v) is 9.31. The molecule has 0 saturated carbocycles. The monoisotopic (exact) mass is 240 g/mol. The lowest BCUT2D eigenvalue weighted by molar-refractivity contribution is -0.118. The first-order valence-corrected chi connectivity index (χ1v) is 4.94. The predicted molar refractivity (Wildman–Crippen MR) is 59.7 cm³/mol. The van der Waals surface area contributed by atoms with Crippen molar-refractivity contribution in [3.63, 3.8) is 0 Å². The standard InChI is InChI=1S/C11H13FN2O3/c1-7(14-16)9-3-2-8(12)6-10(9)17-5-4-11(13)15/h2-3,6,16H,4-5H2,1H3,(H2,13,15). The fraction of sp³-hybridized carbons (Fsp3) is 0.273. The predicted octanol–water partition coefficient (Wildman–Crippen LogP) is 1.28. The van der Waals surface area contributed by atoms with E-state index < -0.39 is 11.7 Å². The molecule has 1 aromatic carbocycles. The first-order valence-electron chi connectivity index (χ1n) is 4.94. The highest BCUT2D eigenvalue weighted by molar-refractivity contribution is 6.00. The number of hydrogen-bond acceptors (Lipinski definition) is 4. The van der Waals surface area contributed by atoms with Crippen LogP contribution in [0.4, 0.5) is 4.39 Å². The molecule has 0 fully saturated rings. The summed E-state index contributed by atoms with van der Waals surface area (Å²) in [4.78, 5) is 10.5. The highest BCUT2D eigenvalue weighted by Crippen LogP contribution is 2.21. The Morgan fingerprint density at radius 3 is 2.88 bits per heavy atom. The normalized spacial score (nSPS) is 11.3. The third-order valence-electron chi connectivity index (χ3n) is 2.09. The van der Waals surface area contributed by atoms with Gasteiger partial charge in [-0.25, -0.2) is 4.39 Å². The highest BCUT2D eigenvalue weighted by Gasteiger charge is 2.09. The van der Waals surface area contributed by atoms with E-state index in [0.717, 1.165) is 6.07 Å². The topological polar surface area (TPSA) is 84.9 Å². The van der Waals surface area contributed by atoms with E-state index in [4.69, 9.17) is 15.7 Å². The van der Waals surface area contributed by atoms with Crippen molar-refractivity contribution in [3.8, 4) is 5.75 Å². The molecule has 0 aliphatic rings. The summed E-state index contributed by atoms with van der Waals surface area (Å²) in [7, 11) is 0. The molecule has 0 aromatic heterocycles. The lowest BCUT2D eigenvalue weighted by atomic mass is 10.1. The van der Waals surface area contributed by atoms with Gasteiger partial charge in [0.05, 0.1) is 18.7 Å². The van der Waals surface area contributed by atoms with E-state index in [1.165, 1.54) is 12.1 Å². The second-order valence-electron chi connectivity index (χ2n) is 3.39. The smallest absolute Gasteiger partial charge is 0.220 e. The first kappa shape index (κ1) is 13.0. The lowest BCUT2D eigenvalue weighted by Crippen LogP contribution is -2.15. The number of nitrogens with two attached hydrogens (primary N) is 1. The van der Waals surface area contributed by atoms with Gasteiger partial charge < -0.3 is 15.7 Å². The van der Waals surface area contributed by atoms with E-state index in [2.05, 4.69) is 5.16 Å². The molecule has 3 N–H and O–H groups in total. The summed E-state index contributed by atoms with van der Waals surface area (Å²) in [5.41, 5.74) is 5.70. The van der Waals surface area contributed by atoms with Crippen molar-refractivity contribution in [3.05, 3.63) is 29.6 Å². The van der Waals surface area contributed by atoms with Crippen LogP contribution in [0.5, 0.6) is 5.75 Å². The van der Waals surface area contributed by atoms with Crippen LogP contribution in [-0.2, 0) is 4.79 Å². The Hall–Kier alpha value is -2.11. The SMILES string of the molecule is CC(=NO)c1ccc(F)cc1OCCC(N)=O. The molecule has 1 aromatic rings. The van der Waals surface area contributed by atoms with Gasteiger partial charge >= 0.3 is 0 Å². The van der Waals surface area contributed by atoms with Crippen molar-refractivity contribution in [2.75, 3.05) is 6.61 Å². The van der Waals surface area contributed by atoms with Crippen LogP contribution in [0.15, 0.2) is 23.4 Å². The number of carbonyl (C=O) groups excluding carboxylic acids is 1. The number of hydrogen-bond donors (Lipinski definition) is 2. The molecule has 0 saturated heterocycles. The summed E-state index contributed by atoms with van der Waals surface area (Å²) in [6.07, 6.45) is 0.0330. The maximum atomic E-state index is 13.0. The Morgan fingerprint density at radius 2 is 2.29 bits per heavy atom. The van der Waals surface area contributed by atoms with Gasteiger partial charge in [0.1, 0.15) is 11.6 Å². The molecule has 5 nitrogen and oxygen atoms in total. The van der Waals surface area contributed by atoms with Crippen molar-refractivity contribution >= 4 is 11.6 Å². The molecule has 0 heterocycles. The third-order valence-corrected chi connectivity index (χ3v) is 2.09. The molecule has 1 amide bonds. The third kappa shape index (κ3) is 3.75. The van der Waals surface area contributed by atoms with Crippen LogP contribution in [0.2, 0.25) is 0 Å². The molecule has 0 atom stereocenters. The number of amides is 1. The number of ether oxygens (including phenoxy) is 1. The van der Waals surface area contributed by atoms with Crippen LogP contribution in [-0.4, -0.2) is 23.4 Å². The second kappa shape index (κ2) is 5.83. The maximum Gasteiger partial charge on any atom is 0.220 e. The molecule has 0 spiro atoms. The molecule has 0 bridgehead atoms. The van der Waals surface area contributed by atoms with Gasteiger partial charge in [-0.2, -0.15) is 0 Å². The number of nitrogens with zero attached hydrogens (tertiary/aromatic N) is 1. The largest absolute Gasteiger partial charge is 0.492 e. The van der Waals surface area contributed by atoms with Crippen LogP contribution in [0.25, 0.3) is 0 Å². The van der Waals surface area contributed by atoms with E-state index in [9.17, 15) is 9.18 Å². The van der Waals surface area contributed by atoms with E-state index in [-0.39, 0.29) is 18.8 Å². The van der Waals surface area contributed by atoms with Crippen LogP contribution < -0.4 is 10.5 Å². The molecular weight excluding hydrogens is 227 g/mol. The summed E-state index contributed by atoms with van der Waals surface area (Å²) in [5, 5.41) is 11.7. The molecule has 0 aliphatic carbocycles. The van der Waals surface area contributed by atoms with Crippen molar-refractivity contribution < 1.29 is 19.1 Å². The van der Waals surface area contributed by atoms with Gasteiger partial charge in [0.2, 0.25) is 5.91 Å². The molecule has 0 unspecified atom stereocenters. The van der Waals surface area contributed by atoms with Gasteiger partial charge in [0.25, 0.3) is 0 Å². The van der Waals surface area contributed by atoms with Gasteiger partial charge in [-0.15, -0.1) is 0 Å². The number of rotatable bonds is 5. The Kier molecular flexibility index (Phi) is 4.45. The molecule has 0 aliphatic heterocycles. The van der Waals surface area contributed by atoms with Gasteiger partial charge in [0, 0.05) is 11.6 Å². The molecule has 1 rings (SSSR count). The van der Waals surface area contributed by atoms with Gasteiger partial charge in [-0.3, -0.25) is 4.79 Å². The molecule has 6 heteroatoms. The Labute approximate surface area is 97.7 Å². The first-order chi connectivity index (χ1) is 8.04. The highest BCUT2D eigenvalue weighted by atomic mass is 19.1. The van der Waals surface area contributed by atoms with E-state index >= 15 is 0 Å². The number of carbonyl (C=O) groups is 1. The second-order valence-corrected chi connectivity index (χ2v) is 3.39. The van der Waals surface area contributed by atoms with E-state index in [1.807, 2.05) is 0 Å². The minimum Gasteiger partial charge on any atom is -0.492 e. The van der Waals surface area contributed by atoms with Gasteiger partial charge in [-0.1, -0.05) is 5.16 Å². The minimum absolute atomic E-state index is 0.0330. The Balaban J connectivity index is 2.87. The van der Waals surface area contributed by atoms with E-state index in [1.54, 1.807) is 6.92 Å². The van der Waals surface area contributed by atoms with Crippen molar-refractivity contribution in [2.45, 2.75) is 13.3 Å². The number of primary amides is 1. The van der Waals surface area contributed by atoms with Crippen molar-refractivity contribution in [1.29, 1.82) is 0 Å². The zero-order valence-electron chi connectivity index (χ0n) is 9.31. The van der Waals surface area contributed by atoms with E-state index in [0.29, 0.717) is 11.3 Å². The zero-order chi connectivity index (χ0) is 12.8. The minimum atomic E-state index is -0.504. The van der Waals surface area contributed by atoms with Gasteiger partial charge in [0.15, 0.2) is 0 Å². The fourth-order valence-electron chi connectivity index (χ4n) is 1.23. The van der Waals surface area contributed by atoms with Crippen molar-refractivity contribution in [1.82, 2.24) is 0 Å². The fourth-order valence-corrected chi connectivity index (χ4v) is 1.23. The van der Waals surface area contributed by atoms with Crippen LogP contribution >= 0.6 is 0 Å².